The molecule has 3 aromatic rings. The van der Waals surface area contributed by atoms with Crippen LogP contribution in [0.1, 0.15) is 28.5 Å². The van der Waals surface area contributed by atoms with E-state index in [1.807, 2.05) is 43.3 Å². The number of aryl methyl sites for hydroxylation is 3. The molecule has 122 valence electrons. The highest BCUT2D eigenvalue weighted by Gasteiger charge is 2.04. The van der Waals surface area contributed by atoms with Crippen molar-refractivity contribution >= 4 is 0 Å². The molecular formula is C20H21N3O. The Bertz CT molecular complexity index is 817. The predicted octanol–water partition coefficient (Wildman–Crippen LogP) is 3.56. The van der Waals surface area contributed by atoms with Gasteiger partial charge in [-0.15, -0.1) is 0 Å². The molecule has 0 fully saturated rings. The molecule has 0 aliphatic heterocycles. The topological polar surface area (TPSA) is 47.9 Å². The van der Waals surface area contributed by atoms with Gasteiger partial charge in [-0.1, -0.05) is 18.2 Å². The van der Waals surface area contributed by atoms with Gasteiger partial charge in [0.2, 0.25) is 5.88 Å². The van der Waals surface area contributed by atoms with Crippen LogP contribution in [-0.2, 0) is 19.3 Å². The Hall–Kier alpha value is -2.75. The van der Waals surface area contributed by atoms with Crippen molar-refractivity contribution in [2.75, 3.05) is 7.11 Å². The second-order valence-electron chi connectivity index (χ2n) is 5.74. The van der Waals surface area contributed by atoms with E-state index in [0.717, 1.165) is 47.7 Å². The van der Waals surface area contributed by atoms with Crippen LogP contribution in [0, 0.1) is 6.92 Å². The Morgan fingerprint density at radius 2 is 1.29 bits per heavy atom. The lowest BCUT2D eigenvalue weighted by Gasteiger charge is -2.06. The van der Waals surface area contributed by atoms with Crippen molar-refractivity contribution in [3.05, 3.63) is 83.1 Å². The first kappa shape index (κ1) is 16.1. The molecule has 4 heteroatoms. The van der Waals surface area contributed by atoms with E-state index < -0.39 is 0 Å². The van der Waals surface area contributed by atoms with Gasteiger partial charge in [0.15, 0.2) is 0 Å². The largest absolute Gasteiger partial charge is 0.481 e. The summed E-state index contributed by atoms with van der Waals surface area (Å²) in [6.45, 7) is 2.01. The minimum atomic E-state index is 0.653. The van der Waals surface area contributed by atoms with E-state index in [9.17, 15) is 0 Å². The summed E-state index contributed by atoms with van der Waals surface area (Å²) in [5.74, 6) is 0.653. The molecule has 24 heavy (non-hydrogen) atoms. The Balaban J connectivity index is 1.66. The summed E-state index contributed by atoms with van der Waals surface area (Å²) in [4.78, 5) is 13.7. The van der Waals surface area contributed by atoms with Gasteiger partial charge >= 0.3 is 0 Å². The zero-order chi connectivity index (χ0) is 16.8. The molecule has 0 spiro atoms. The van der Waals surface area contributed by atoms with E-state index in [0.29, 0.717) is 5.88 Å². The van der Waals surface area contributed by atoms with Gasteiger partial charge in [0.25, 0.3) is 0 Å². The van der Waals surface area contributed by atoms with Crippen LogP contribution in [0.4, 0.5) is 0 Å². The molecule has 0 bridgehead atoms. The third-order valence-electron chi connectivity index (χ3n) is 3.80. The highest BCUT2D eigenvalue weighted by atomic mass is 16.5. The monoisotopic (exact) mass is 319 g/mol. The van der Waals surface area contributed by atoms with Crippen LogP contribution in [0.5, 0.6) is 5.88 Å². The van der Waals surface area contributed by atoms with E-state index in [-0.39, 0.29) is 0 Å². The van der Waals surface area contributed by atoms with Crippen molar-refractivity contribution in [1.82, 2.24) is 15.0 Å². The Morgan fingerprint density at radius 1 is 0.708 bits per heavy atom. The summed E-state index contributed by atoms with van der Waals surface area (Å²) in [5.41, 5.74) is 5.22. The van der Waals surface area contributed by atoms with Gasteiger partial charge in [0.1, 0.15) is 0 Å². The van der Waals surface area contributed by atoms with Gasteiger partial charge in [-0.05, 0) is 50.1 Å². The van der Waals surface area contributed by atoms with Crippen LogP contribution < -0.4 is 4.74 Å². The first-order chi connectivity index (χ1) is 11.7. The molecule has 0 unspecified atom stereocenters. The van der Waals surface area contributed by atoms with E-state index in [4.69, 9.17) is 9.72 Å². The molecule has 3 aromatic heterocycles. The zero-order valence-electron chi connectivity index (χ0n) is 14.1. The first-order valence-corrected chi connectivity index (χ1v) is 8.10. The van der Waals surface area contributed by atoms with Crippen LogP contribution in [0.3, 0.4) is 0 Å². The smallest absolute Gasteiger partial charge is 0.213 e. The molecule has 0 aliphatic carbocycles. The number of hydrogen-bond acceptors (Lipinski definition) is 4. The highest BCUT2D eigenvalue weighted by molar-refractivity contribution is 5.21. The number of pyridine rings is 3. The number of ether oxygens (including phenoxy) is 1. The number of hydrogen-bond donors (Lipinski definition) is 0. The van der Waals surface area contributed by atoms with Crippen molar-refractivity contribution in [3.63, 3.8) is 0 Å². The normalized spacial score (nSPS) is 10.6. The van der Waals surface area contributed by atoms with Gasteiger partial charge in [-0.25, -0.2) is 4.98 Å². The van der Waals surface area contributed by atoms with E-state index >= 15 is 0 Å². The Kier molecular flexibility index (Phi) is 5.16. The molecule has 0 radical (unpaired) electrons. The molecule has 0 aromatic carbocycles. The molecule has 3 rings (SSSR count). The molecule has 0 saturated carbocycles. The van der Waals surface area contributed by atoms with Crippen molar-refractivity contribution in [3.8, 4) is 5.88 Å². The van der Waals surface area contributed by atoms with Crippen LogP contribution in [0.2, 0.25) is 0 Å². The van der Waals surface area contributed by atoms with E-state index in [2.05, 4.69) is 28.2 Å². The minimum Gasteiger partial charge on any atom is -0.481 e. The molecule has 0 saturated heterocycles. The average Bonchev–Trinajstić information content (AvgIpc) is 2.60. The summed E-state index contributed by atoms with van der Waals surface area (Å²) in [6, 6.07) is 18.1. The second-order valence-corrected chi connectivity index (χ2v) is 5.74. The summed E-state index contributed by atoms with van der Waals surface area (Å²) < 4.78 is 5.17. The lowest BCUT2D eigenvalue weighted by Crippen LogP contribution is -2.01. The molecular weight excluding hydrogens is 298 g/mol. The summed E-state index contributed by atoms with van der Waals surface area (Å²) in [6.07, 6.45) is 2.46. The quantitative estimate of drug-likeness (QED) is 0.697. The van der Waals surface area contributed by atoms with Gasteiger partial charge in [0.05, 0.1) is 7.11 Å². The lowest BCUT2D eigenvalue weighted by atomic mass is 10.1. The number of nitrogens with zero attached hydrogens (tertiary/aromatic N) is 3. The molecule has 4 nitrogen and oxygen atoms in total. The standard InChI is InChI=1S/C20H21N3O/c1-15-6-3-9-18(21-15)14-19-10-4-7-16(22-19)12-13-17-8-5-11-20(23-17)24-2/h3-11H,12-14H2,1-2H3. The third kappa shape index (κ3) is 4.38. The highest BCUT2D eigenvalue weighted by Crippen LogP contribution is 2.11. The Labute approximate surface area is 142 Å². The van der Waals surface area contributed by atoms with Crippen LogP contribution in [0.25, 0.3) is 0 Å². The third-order valence-corrected chi connectivity index (χ3v) is 3.80. The van der Waals surface area contributed by atoms with Crippen LogP contribution in [0.15, 0.2) is 54.6 Å². The molecule has 0 N–H and O–H groups in total. The van der Waals surface area contributed by atoms with Crippen LogP contribution in [-0.4, -0.2) is 22.1 Å². The Morgan fingerprint density at radius 3 is 2.00 bits per heavy atom. The van der Waals surface area contributed by atoms with Gasteiger partial charge < -0.3 is 4.74 Å². The number of methoxy groups -OCH3 is 1. The number of rotatable bonds is 6. The fourth-order valence-corrected chi connectivity index (χ4v) is 2.62. The first-order valence-electron chi connectivity index (χ1n) is 8.10. The fourth-order valence-electron chi connectivity index (χ4n) is 2.62. The van der Waals surface area contributed by atoms with Gasteiger partial charge in [-0.2, -0.15) is 0 Å². The summed E-state index contributed by atoms with van der Waals surface area (Å²) in [5, 5.41) is 0. The van der Waals surface area contributed by atoms with Gasteiger partial charge in [0, 0.05) is 41.0 Å². The van der Waals surface area contributed by atoms with E-state index in [1.165, 1.54) is 0 Å². The molecule has 3 heterocycles. The predicted molar refractivity (Wildman–Crippen MR) is 94.2 cm³/mol. The van der Waals surface area contributed by atoms with Crippen molar-refractivity contribution < 1.29 is 4.74 Å². The maximum Gasteiger partial charge on any atom is 0.213 e. The van der Waals surface area contributed by atoms with E-state index in [1.54, 1.807) is 7.11 Å². The molecule has 0 amide bonds. The maximum absolute atomic E-state index is 5.17. The van der Waals surface area contributed by atoms with Crippen molar-refractivity contribution in [2.45, 2.75) is 26.2 Å². The van der Waals surface area contributed by atoms with Crippen LogP contribution >= 0.6 is 0 Å². The number of aromatic nitrogens is 3. The second kappa shape index (κ2) is 7.68. The fraction of sp³-hybridized carbons (Fsp3) is 0.250. The SMILES string of the molecule is COc1cccc(CCc2cccc(Cc3cccc(C)n3)n2)n1. The summed E-state index contributed by atoms with van der Waals surface area (Å²) in [7, 11) is 1.64. The van der Waals surface area contributed by atoms with Crippen molar-refractivity contribution in [2.24, 2.45) is 0 Å². The van der Waals surface area contributed by atoms with Crippen molar-refractivity contribution in [1.29, 1.82) is 0 Å². The lowest BCUT2D eigenvalue weighted by molar-refractivity contribution is 0.396. The molecule has 0 atom stereocenters. The minimum absolute atomic E-state index is 0.653. The average molecular weight is 319 g/mol. The molecule has 0 aliphatic rings. The van der Waals surface area contributed by atoms with Gasteiger partial charge in [-0.3, -0.25) is 9.97 Å². The zero-order valence-corrected chi connectivity index (χ0v) is 14.1. The maximum atomic E-state index is 5.17. The summed E-state index contributed by atoms with van der Waals surface area (Å²) >= 11 is 0.